The highest BCUT2D eigenvalue weighted by Gasteiger charge is 2.17. The standard InChI is InChI=1S/C27H22N4O2/c32-25(17-28-23-15-8-12-20-11-4-5-13-21(20)23)29-30-26-22-14-6-7-16-24(22)31(27(26)33)18-19-9-2-1-3-10-19/h1-16,28,33H,17-18H2. The highest BCUT2D eigenvalue weighted by atomic mass is 16.3. The van der Waals surface area contributed by atoms with E-state index in [1.807, 2.05) is 97.1 Å². The highest BCUT2D eigenvalue weighted by Crippen LogP contribution is 2.39. The van der Waals surface area contributed by atoms with Crippen molar-refractivity contribution in [1.82, 2.24) is 4.57 Å². The smallest absolute Gasteiger partial charge is 0.283 e. The maximum absolute atomic E-state index is 12.5. The van der Waals surface area contributed by atoms with Crippen molar-refractivity contribution in [1.29, 1.82) is 0 Å². The molecule has 0 fully saturated rings. The Morgan fingerprint density at radius 2 is 1.52 bits per heavy atom. The Labute approximate surface area is 190 Å². The zero-order valence-corrected chi connectivity index (χ0v) is 17.8. The van der Waals surface area contributed by atoms with Crippen LogP contribution in [0.3, 0.4) is 0 Å². The van der Waals surface area contributed by atoms with Crippen LogP contribution in [0.1, 0.15) is 5.56 Å². The molecular weight excluding hydrogens is 412 g/mol. The maximum atomic E-state index is 12.5. The quantitative estimate of drug-likeness (QED) is 0.309. The third-order valence-electron chi connectivity index (χ3n) is 5.58. The Morgan fingerprint density at radius 1 is 0.818 bits per heavy atom. The number of carbonyl (C=O) groups excluding carboxylic acids is 1. The number of benzene rings is 4. The topological polar surface area (TPSA) is 79.0 Å². The van der Waals surface area contributed by atoms with Gasteiger partial charge in [0.05, 0.1) is 18.6 Å². The van der Waals surface area contributed by atoms with E-state index in [-0.39, 0.29) is 12.4 Å². The van der Waals surface area contributed by atoms with E-state index in [9.17, 15) is 9.90 Å². The fraction of sp³-hybridized carbons (Fsp3) is 0.0741. The van der Waals surface area contributed by atoms with Gasteiger partial charge in [-0.25, -0.2) is 0 Å². The first-order valence-electron chi connectivity index (χ1n) is 10.7. The maximum Gasteiger partial charge on any atom is 0.283 e. The second kappa shape index (κ2) is 8.96. The van der Waals surface area contributed by atoms with E-state index in [4.69, 9.17) is 0 Å². The Balaban J connectivity index is 1.38. The summed E-state index contributed by atoms with van der Waals surface area (Å²) in [6.07, 6.45) is 0. The minimum absolute atomic E-state index is 0.000919. The number of nitrogens with one attached hydrogen (secondary N) is 1. The second-order valence-electron chi connectivity index (χ2n) is 7.74. The van der Waals surface area contributed by atoms with Crippen LogP contribution in [0.4, 0.5) is 11.4 Å². The number of aromatic hydroxyl groups is 1. The van der Waals surface area contributed by atoms with E-state index in [0.717, 1.165) is 32.9 Å². The van der Waals surface area contributed by atoms with Crippen LogP contribution in [-0.4, -0.2) is 22.1 Å². The summed E-state index contributed by atoms with van der Waals surface area (Å²) in [5.41, 5.74) is 3.03. The number of nitrogens with zero attached hydrogens (tertiary/aromatic N) is 3. The number of hydrogen-bond acceptors (Lipinski definition) is 4. The molecule has 162 valence electrons. The molecular formula is C27H22N4O2. The summed E-state index contributed by atoms with van der Waals surface area (Å²) in [5.74, 6) is -0.444. The molecule has 6 heteroatoms. The minimum Gasteiger partial charge on any atom is -0.493 e. The first kappa shape index (κ1) is 20.5. The van der Waals surface area contributed by atoms with Crippen LogP contribution in [0.15, 0.2) is 107 Å². The van der Waals surface area contributed by atoms with Crippen LogP contribution in [-0.2, 0) is 11.3 Å². The van der Waals surface area contributed by atoms with Gasteiger partial charge in [-0.1, -0.05) is 84.9 Å². The number of rotatable bonds is 6. The molecule has 0 aliphatic rings. The average molecular weight is 434 g/mol. The Kier molecular flexibility index (Phi) is 5.55. The molecule has 4 aromatic carbocycles. The van der Waals surface area contributed by atoms with Crippen LogP contribution in [0.5, 0.6) is 5.88 Å². The van der Waals surface area contributed by atoms with Crippen LogP contribution in [0.25, 0.3) is 21.7 Å². The molecule has 5 rings (SSSR count). The van der Waals surface area contributed by atoms with Gasteiger partial charge in [0.1, 0.15) is 0 Å². The Morgan fingerprint density at radius 3 is 2.36 bits per heavy atom. The van der Waals surface area contributed by atoms with Crippen LogP contribution in [0.2, 0.25) is 0 Å². The van der Waals surface area contributed by atoms with Gasteiger partial charge < -0.3 is 15.0 Å². The molecule has 5 aromatic rings. The summed E-state index contributed by atoms with van der Waals surface area (Å²) in [4.78, 5) is 12.5. The summed E-state index contributed by atoms with van der Waals surface area (Å²) in [6.45, 7) is 0.486. The SMILES string of the molecule is O=C(CNc1cccc2ccccc12)N=Nc1c(O)n(Cc2ccccc2)c2ccccc12. The Bertz CT molecular complexity index is 1470. The van der Waals surface area contributed by atoms with Gasteiger partial charge in [0.15, 0.2) is 5.69 Å². The summed E-state index contributed by atoms with van der Waals surface area (Å²) >= 11 is 0. The monoisotopic (exact) mass is 434 g/mol. The predicted molar refractivity (Wildman–Crippen MR) is 131 cm³/mol. The highest BCUT2D eigenvalue weighted by molar-refractivity contribution is 5.96. The average Bonchev–Trinajstić information content (AvgIpc) is 3.12. The van der Waals surface area contributed by atoms with Crippen molar-refractivity contribution in [3.63, 3.8) is 0 Å². The first-order valence-corrected chi connectivity index (χ1v) is 10.7. The lowest BCUT2D eigenvalue weighted by Crippen LogP contribution is -2.11. The summed E-state index contributed by atoms with van der Waals surface area (Å²) in [7, 11) is 0. The van der Waals surface area contributed by atoms with Gasteiger partial charge in [-0.3, -0.25) is 4.79 Å². The third kappa shape index (κ3) is 4.19. The van der Waals surface area contributed by atoms with E-state index in [0.29, 0.717) is 12.2 Å². The van der Waals surface area contributed by atoms with E-state index < -0.39 is 5.91 Å². The van der Waals surface area contributed by atoms with Crippen molar-refractivity contribution in [3.05, 3.63) is 103 Å². The fourth-order valence-corrected chi connectivity index (χ4v) is 3.99. The number of hydrogen-bond donors (Lipinski definition) is 2. The van der Waals surface area contributed by atoms with Crippen molar-refractivity contribution in [2.45, 2.75) is 6.54 Å². The molecule has 0 unspecified atom stereocenters. The molecule has 33 heavy (non-hydrogen) atoms. The summed E-state index contributed by atoms with van der Waals surface area (Å²) < 4.78 is 1.78. The summed E-state index contributed by atoms with van der Waals surface area (Å²) in [6, 6.07) is 31.3. The zero-order chi connectivity index (χ0) is 22.6. The number of aromatic nitrogens is 1. The number of fused-ring (bicyclic) bond motifs is 2. The molecule has 0 aliphatic carbocycles. The third-order valence-corrected chi connectivity index (χ3v) is 5.58. The lowest BCUT2D eigenvalue weighted by molar-refractivity contribution is -0.116. The van der Waals surface area contributed by atoms with Gasteiger partial charge in [-0.05, 0) is 23.1 Å². The molecule has 1 heterocycles. The molecule has 2 N–H and O–H groups in total. The lowest BCUT2D eigenvalue weighted by Gasteiger charge is -2.07. The minimum atomic E-state index is -0.428. The molecule has 0 spiro atoms. The normalized spacial score (nSPS) is 11.4. The van der Waals surface area contributed by atoms with Gasteiger partial charge in [-0.15, -0.1) is 10.2 Å². The van der Waals surface area contributed by atoms with Crippen LogP contribution < -0.4 is 5.32 Å². The van der Waals surface area contributed by atoms with Crippen LogP contribution in [0, 0.1) is 0 Å². The van der Waals surface area contributed by atoms with Gasteiger partial charge in [0.25, 0.3) is 5.91 Å². The van der Waals surface area contributed by atoms with Gasteiger partial charge >= 0.3 is 0 Å². The van der Waals surface area contributed by atoms with E-state index in [1.54, 1.807) is 4.57 Å². The molecule has 0 bridgehead atoms. The number of amides is 1. The van der Waals surface area contributed by atoms with Crippen molar-refractivity contribution in [3.8, 4) is 5.88 Å². The number of para-hydroxylation sites is 1. The molecule has 0 radical (unpaired) electrons. The zero-order valence-electron chi connectivity index (χ0n) is 17.8. The van der Waals surface area contributed by atoms with E-state index in [2.05, 4.69) is 15.5 Å². The Hall–Kier alpha value is -4.45. The molecule has 0 atom stereocenters. The van der Waals surface area contributed by atoms with Gasteiger partial charge in [0.2, 0.25) is 5.88 Å². The second-order valence-corrected chi connectivity index (χ2v) is 7.74. The van der Waals surface area contributed by atoms with Crippen molar-refractivity contribution in [2.75, 3.05) is 11.9 Å². The van der Waals surface area contributed by atoms with E-state index >= 15 is 0 Å². The lowest BCUT2D eigenvalue weighted by atomic mass is 10.1. The molecule has 0 saturated carbocycles. The van der Waals surface area contributed by atoms with Crippen molar-refractivity contribution in [2.24, 2.45) is 10.2 Å². The fourth-order valence-electron chi connectivity index (χ4n) is 3.99. The molecule has 6 nitrogen and oxygen atoms in total. The van der Waals surface area contributed by atoms with Crippen LogP contribution >= 0.6 is 0 Å². The number of anilines is 1. The number of carbonyl (C=O) groups is 1. The first-order chi connectivity index (χ1) is 16.2. The van der Waals surface area contributed by atoms with Crippen molar-refractivity contribution < 1.29 is 9.90 Å². The molecule has 1 aromatic heterocycles. The van der Waals surface area contributed by atoms with Gasteiger partial charge in [-0.2, -0.15) is 0 Å². The largest absolute Gasteiger partial charge is 0.493 e. The van der Waals surface area contributed by atoms with Gasteiger partial charge in [0, 0.05) is 16.5 Å². The summed E-state index contributed by atoms with van der Waals surface area (Å²) in [5, 5.41) is 24.9. The molecule has 1 amide bonds. The molecule has 0 saturated heterocycles. The molecule has 0 aliphatic heterocycles. The van der Waals surface area contributed by atoms with E-state index in [1.165, 1.54) is 0 Å². The predicted octanol–water partition coefficient (Wildman–Crippen LogP) is 6.27. The number of azo groups is 1. The van der Waals surface area contributed by atoms with Crippen molar-refractivity contribution >= 4 is 39.0 Å².